The summed E-state index contributed by atoms with van der Waals surface area (Å²) in [6.45, 7) is 4.09. The highest BCUT2D eigenvalue weighted by Crippen LogP contribution is 2.40. The maximum atomic E-state index is 14.4. The summed E-state index contributed by atoms with van der Waals surface area (Å²) in [4.78, 5) is 27.8. The van der Waals surface area contributed by atoms with Crippen LogP contribution in [0.4, 0.5) is 13.2 Å². The van der Waals surface area contributed by atoms with E-state index in [1.54, 1.807) is 12.1 Å². The number of hydrogen-bond donors (Lipinski definition) is 1. The largest absolute Gasteiger partial charge is 0.493 e. The number of halogens is 3. The number of nitrogens with one attached hydrogen (secondary N) is 1. The van der Waals surface area contributed by atoms with Gasteiger partial charge in [0.1, 0.15) is 31.1 Å². The molecule has 0 radical (unpaired) electrons. The van der Waals surface area contributed by atoms with E-state index in [0.717, 1.165) is 23.3 Å². The fourth-order valence-corrected chi connectivity index (χ4v) is 5.16. The molecule has 2 heterocycles. The van der Waals surface area contributed by atoms with Gasteiger partial charge in [0.25, 0.3) is 5.76 Å². The molecule has 1 fully saturated rings. The van der Waals surface area contributed by atoms with Gasteiger partial charge in [-0.3, -0.25) is 4.79 Å². The van der Waals surface area contributed by atoms with Crippen LogP contribution in [0.1, 0.15) is 40.6 Å². The van der Waals surface area contributed by atoms with Crippen molar-refractivity contribution < 1.29 is 51.0 Å². The summed E-state index contributed by atoms with van der Waals surface area (Å²) in [6.07, 6.45) is -3.38. The van der Waals surface area contributed by atoms with Gasteiger partial charge in [0, 0.05) is 0 Å². The first kappa shape index (κ1) is 31.9. The number of morpholine rings is 1. The zero-order valence-electron chi connectivity index (χ0n) is 25.0. The second-order valence-corrected chi connectivity index (χ2v) is 10.5. The number of benzene rings is 3. The van der Waals surface area contributed by atoms with Crippen molar-refractivity contribution in [1.82, 2.24) is 0 Å². The van der Waals surface area contributed by atoms with Crippen LogP contribution in [0.15, 0.2) is 63.8 Å². The summed E-state index contributed by atoms with van der Waals surface area (Å²) >= 11 is 0. The third-order valence-electron chi connectivity index (χ3n) is 7.47. The van der Waals surface area contributed by atoms with Crippen molar-refractivity contribution >= 4 is 16.9 Å². The SMILES string of the molecule is CCCc1ccc(Oc2c(C(F)(F)F)oc3c(C[NH+]4CCOCC4)c(OC(=O)c4ccc(OC)c(OC)c4)ccc3c2=O)cc1. The molecule has 45 heavy (non-hydrogen) atoms. The highest BCUT2D eigenvalue weighted by atomic mass is 19.4. The standard InChI is InChI=1S/C33H32F3NO8/c1-4-5-20-6-9-22(10-7-20)43-30-28(38)23-11-13-25(44-32(39)21-8-12-26(40-2)27(18-21)41-3)24(19-37-14-16-42-17-15-37)29(23)45-31(30)33(34,35)36/h6-13,18H,4-5,14-17,19H2,1-3H3/p+1. The average Bonchev–Trinajstić information content (AvgIpc) is 3.03. The third-order valence-corrected chi connectivity index (χ3v) is 7.47. The molecular weight excluding hydrogens is 595 g/mol. The molecule has 0 saturated carbocycles. The summed E-state index contributed by atoms with van der Waals surface area (Å²) in [5.41, 5.74) is -0.108. The molecule has 0 amide bonds. The highest BCUT2D eigenvalue weighted by Gasteiger charge is 2.41. The number of carbonyl (C=O) groups is 1. The van der Waals surface area contributed by atoms with E-state index >= 15 is 0 Å². The smallest absolute Gasteiger partial charge is 0.453 e. The zero-order valence-corrected chi connectivity index (χ0v) is 25.0. The van der Waals surface area contributed by atoms with Gasteiger partial charge in [0.2, 0.25) is 11.2 Å². The fourth-order valence-electron chi connectivity index (χ4n) is 5.16. The van der Waals surface area contributed by atoms with E-state index in [4.69, 9.17) is 28.1 Å². The first-order valence-electron chi connectivity index (χ1n) is 14.4. The summed E-state index contributed by atoms with van der Waals surface area (Å²) < 4.78 is 76.0. The van der Waals surface area contributed by atoms with Gasteiger partial charge in [0.05, 0.1) is 43.9 Å². The lowest BCUT2D eigenvalue weighted by atomic mass is 10.1. The minimum absolute atomic E-state index is 0.0438. The maximum absolute atomic E-state index is 14.4. The van der Waals surface area contributed by atoms with Crippen LogP contribution in [0.2, 0.25) is 0 Å². The zero-order chi connectivity index (χ0) is 32.1. The molecule has 1 aliphatic rings. The molecule has 0 spiro atoms. The van der Waals surface area contributed by atoms with E-state index in [1.807, 2.05) is 6.92 Å². The maximum Gasteiger partial charge on any atom is 0.453 e. The lowest BCUT2D eigenvalue weighted by Gasteiger charge is -2.25. The summed E-state index contributed by atoms with van der Waals surface area (Å²) in [5.74, 6) is -2.65. The van der Waals surface area contributed by atoms with Gasteiger partial charge in [0.15, 0.2) is 17.1 Å². The van der Waals surface area contributed by atoms with Crippen molar-refractivity contribution in [3.8, 4) is 28.7 Å². The van der Waals surface area contributed by atoms with Crippen LogP contribution in [0.5, 0.6) is 28.7 Å². The molecule has 0 bridgehead atoms. The molecule has 1 aliphatic heterocycles. The van der Waals surface area contributed by atoms with Crippen LogP contribution in [0.3, 0.4) is 0 Å². The van der Waals surface area contributed by atoms with Crippen molar-refractivity contribution in [3.05, 3.63) is 87.3 Å². The van der Waals surface area contributed by atoms with Crippen molar-refractivity contribution in [3.63, 3.8) is 0 Å². The second-order valence-electron chi connectivity index (χ2n) is 10.5. The third kappa shape index (κ3) is 7.07. The van der Waals surface area contributed by atoms with Crippen LogP contribution in [0.25, 0.3) is 11.0 Å². The molecule has 0 atom stereocenters. The van der Waals surface area contributed by atoms with E-state index in [0.29, 0.717) is 32.1 Å². The van der Waals surface area contributed by atoms with Crippen molar-refractivity contribution in [1.29, 1.82) is 0 Å². The number of rotatable bonds is 10. The number of quaternary nitrogens is 1. The predicted octanol–water partition coefficient (Wildman–Crippen LogP) is 5.21. The van der Waals surface area contributed by atoms with Crippen molar-refractivity contribution in [2.75, 3.05) is 40.5 Å². The number of carbonyl (C=O) groups excluding carboxylic acids is 1. The Hall–Kier alpha value is -4.55. The molecule has 1 aromatic heterocycles. The molecule has 1 saturated heterocycles. The minimum Gasteiger partial charge on any atom is -0.493 e. The van der Waals surface area contributed by atoms with Gasteiger partial charge in [-0.2, -0.15) is 13.2 Å². The van der Waals surface area contributed by atoms with E-state index in [-0.39, 0.29) is 45.9 Å². The summed E-state index contributed by atoms with van der Waals surface area (Å²) in [5, 5.41) is -0.144. The van der Waals surface area contributed by atoms with Crippen LogP contribution in [-0.2, 0) is 23.9 Å². The molecule has 0 unspecified atom stereocenters. The van der Waals surface area contributed by atoms with E-state index < -0.39 is 29.1 Å². The van der Waals surface area contributed by atoms with Gasteiger partial charge >= 0.3 is 12.1 Å². The number of hydrogen-bond acceptors (Lipinski definition) is 8. The number of alkyl halides is 3. The Labute approximate surface area is 257 Å². The van der Waals surface area contributed by atoms with Crippen LogP contribution in [-0.4, -0.2) is 46.5 Å². The molecule has 238 valence electrons. The Kier molecular flexibility index (Phi) is 9.64. The van der Waals surface area contributed by atoms with Gasteiger partial charge in [-0.15, -0.1) is 0 Å². The molecule has 5 rings (SSSR count). The quantitative estimate of drug-likeness (QED) is 0.189. The van der Waals surface area contributed by atoms with Crippen LogP contribution >= 0.6 is 0 Å². The highest BCUT2D eigenvalue weighted by molar-refractivity contribution is 5.93. The first-order chi connectivity index (χ1) is 21.6. The lowest BCUT2D eigenvalue weighted by molar-refractivity contribution is -0.921. The van der Waals surface area contributed by atoms with Gasteiger partial charge < -0.3 is 33.0 Å². The Morgan fingerprint density at radius 3 is 2.27 bits per heavy atom. The Balaban J connectivity index is 1.61. The number of fused-ring (bicyclic) bond motifs is 1. The normalized spacial score (nSPS) is 13.9. The Morgan fingerprint density at radius 2 is 1.62 bits per heavy atom. The number of aryl methyl sites for hydroxylation is 1. The fraction of sp³-hybridized carbons (Fsp3) is 0.333. The summed E-state index contributed by atoms with van der Waals surface area (Å²) in [7, 11) is 2.87. The monoisotopic (exact) mass is 628 g/mol. The number of ether oxygens (including phenoxy) is 5. The van der Waals surface area contributed by atoms with Crippen LogP contribution < -0.4 is 29.3 Å². The molecule has 12 heteroatoms. The van der Waals surface area contributed by atoms with E-state index in [1.165, 1.54) is 56.7 Å². The van der Waals surface area contributed by atoms with Gasteiger partial charge in [-0.25, -0.2) is 4.79 Å². The second kappa shape index (κ2) is 13.6. The molecule has 3 aromatic carbocycles. The van der Waals surface area contributed by atoms with E-state index in [2.05, 4.69) is 0 Å². The van der Waals surface area contributed by atoms with Gasteiger partial charge in [-0.1, -0.05) is 25.5 Å². The average molecular weight is 629 g/mol. The predicted molar refractivity (Wildman–Crippen MR) is 158 cm³/mol. The molecular formula is C33H33F3NO8+. The topological polar surface area (TPSA) is 97.9 Å². The molecule has 4 aromatic rings. The molecule has 0 aliphatic carbocycles. The Morgan fingerprint density at radius 1 is 0.933 bits per heavy atom. The number of methoxy groups -OCH3 is 2. The Bertz CT molecular complexity index is 1730. The van der Waals surface area contributed by atoms with E-state index in [9.17, 15) is 22.8 Å². The lowest BCUT2D eigenvalue weighted by Crippen LogP contribution is -3.12. The van der Waals surface area contributed by atoms with Crippen molar-refractivity contribution in [2.24, 2.45) is 0 Å². The van der Waals surface area contributed by atoms with Gasteiger partial charge in [-0.05, 0) is 54.4 Å². The summed E-state index contributed by atoms with van der Waals surface area (Å²) in [6, 6.07) is 13.6. The van der Waals surface area contributed by atoms with Crippen LogP contribution in [0, 0.1) is 0 Å². The molecule has 1 N–H and O–H groups in total. The number of esters is 1. The molecule has 9 nitrogen and oxygen atoms in total. The minimum atomic E-state index is -5.07. The van der Waals surface area contributed by atoms with Crippen molar-refractivity contribution in [2.45, 2.75) is 32.5 Å². The first-order valence-corrected chi connectivity index (χ1v) is 14.4.